The number of hydrogen-bond acceptors (Lipinski definition) is 2. The van der Waals surface area contributed by atoms with Gasteiger partial charge in [-0.3, -0.25) is 4.90 Å². The molecule has 1 aliphatic carbocycles. The van der Waals surface area contributed by atoms with Crippen molar-refractivity contribution in [2.24, 2.45) is 11.8 Å². The summed E-state index contributed by atoms with van der Waals surface area (Å²) in [4.78, 5) is 2.25. The molecule has 0 aromatic heterocycles. The Morgan fingerprint density at radius 2 is 1.67 bits per heavy atom. The van der Waals surface area contributed by atoms with E-state index in [9.17, 15) is 5.11 Å². The van der Waals surface area contributed by atoms with Gasteiger partial charge in [0.25, 0.3) is 0 Å². The van der Waals surface area contributed by atoms with Crippen LogP contribution in [0.2, 0.25) is 0 Å². The second-order valence-corrected chi connectivity index (χ2v) is 6.16. The first-order chi connectivity index (χ1) is 8.61. The number of aliphatic hydroxyl groups is 1. The van der Waals surface area contributed by atoms with Crippen molar-refractivity contribution in [1.82, 2.24) is 4.90 Å². The van der Waals surface area contributed by atoms with E-state index in [4.69, 9.17) is 0 Å². The minimum absolute atomic E-state index is 0.263. The van der Waals surface area contributed by atoms with Gasteiger partial charge in [-0.15, -0.1) is 0 Å². The zero-order valence-electron chi connectivity index (χ0n) is 12.9. The Bertz CT molecular complexity index is 219. The molecule has 4 unspecified atom stereocenters. The van der Waals surface area contributed by atoms with Crippen molar-refractivity contribution >= 4 is 0 Å². The monoisotopic (exact) mass is 255 g/mol. The van der Waals surface area contributed by atoms with Gasteiger partial charge >= 0.3 is 0 Å². The molecule has 0 aromatic rings. The fourth-order valence-electron chi connectivity index (χ4n) is 3.47. The summed E-state index contributed by atoms with van der Waals surface area (Å²) in [6.45, 7) is 6.77. The number of rotatable bonds is 5. The van der Waals surface area contributed by atoms with Crippen molar-refractivity contribution < 1.29 is 5.11 Å². The molecule has 0 radical (unpaired) electrons. The lowest BCUT2D eigenvalue weighted by Crippen LogP contribution is -2.46. The van der Waals surface area contributed by atoms with Crippen LogP contribution in [0.25, 0.3) is 0 Å². The Labute approximate surface area is 114 Å². The maximum atomic E-state index is 10.1. The molecule has 1 N–H and O–H groups in total. The van der Waals surface area contributed by atoms with Crippen LogP contribution in [0.1, 0.15) is 72.1 Å². The molecule has 0 bridgehead atoms. The number of hydrogen-bond donors (Lipinski definition) is 1. The third-order valence-corrected chi connectivity index (χ3v) is 5.01. The molecule has 0 amide bonds. The molecule has 1 saturated carbocycles. The van der Waals surface area contributed by atoms with Crippen molar-refractivity contribution in [3.05, 3.63) is 0 Å². The van der Waals surface area contributed by atoms with E-state index in [0.29, 0.717) is 6.04 Å². The minimum atomic E-state index is -0.263. The van der Waals surface area contributed by atoms with Gasteiger partial charge in [0.1, 0.15) is 6.23 Å². The summed E-state index contributed by atoms with van der Waals surface area (Å²) >= 11 is 0. The summed E-state index contributed by atoms with van der Waals surface area (Å²) in [7, 11) is 2.12. The van der Waals surface area contributed by atoms with Crippen LogP contribution in [-0.2, 0) is 0 Å². The van der Waals surface area contributed by atoms with Crippen molar-refractivity contribution in [1.29, 1.82) is 0 Å². The molecule has 18 heavy (non-hydrogen) atoms. The quantitative estimate of drug-likeness (QED) is 0.750. The van der Waals surface area contributed by atoms with Crippen LogP contribution < -0.4 is 0 Å². The molecule has 0 heterocycles. The van der Waals surface area contributed by atoms with Gasteiger partial charge in [0.2, 0.25) is 0 Å². The number of aliphatic hydroxyl groups excluding tert-OH is 1. The average molecular weight is 255 g/mol. The van der Waals surface area contributed by atoms with Crippen LogP contribution in [0.5, 0.6) is 0 Å². The summed E-state index contributed by atoms with van der Waals surface area (Å²) in [5.41, 5.74) is 0. The van der Waals surface area contributed by atoms with E-state index in [1.54, 1.807) is 0 Å². The molecule has 0 saturated heterocycles. The van der Waals surface area contributed by atoms with Crippen LogP contribution in [0, 0.1) is 11.8 Å². The summed E-state index contributed by atoms with van der Waals surface area (Å²) in [5, 5.41) is 10.1. The van der Waals surface area contributed by atoms with E-state index >= 15 is 0 Å². The Hall–Kier alpha value is -0.0800. The molecule has 1 aliphatic rings. The van der Waals surface area contributed by atoms with Gasteiger partial charge in [-0.25, -0.2) is 0 Å². The Kier molecular flexibility index (Phi) is 7.25. The van der Waals surface area contributed by atoms with Gasteiger partial charge in [-0.2, -0.15) is 0 Å². The first-order valence-corrected chi connectivity index (χ1v) is 8.01. The normalized spacial score (nSPS) is 29.7. The van der Waals surface area contributed by atoms with Gasteiger partial charge in [-0.1, -0.05) is 52.9 Å². The predicted molar refractivity (Wildman–Crippen MR) is 78.5 cm³/mol. The van der Waals surface area contributed by atoms with Gasteiger partial charge in [-0.05, 0) is 38.1 Å². The molecular weight excluding hydrogens is 222 g/mol. The maximum Gasteiger partial charge on any atom is 0.107 e. The molecule has 0 aromatic carbocycles. The molecule has 1 fully saturated rings. The highest BCUT2D eigenvalue weighted by Crippen LogP contribution is 2.33. The lowest BCUT2D eigenvalue weighted by Gasteiger charge is -2.41. The lowest BCUT2D eigenvalue weighted by molar-refractivity contribution is -0.0388. The molecule has 2 heteroatoms. The first kappa shape index (κ1) is 16.0. The third-order valence-electron chi connectivity index (χ3n) is 5.01. The van der Waals surface area contributed by atoms with Crippen LogP contribution in [0.15, 0.2) is 0 Å². The average Bonchev–Trinajstić information content (AvgIpc) is 2.36. The van der Waals surface area contributed by atoms with E-state index in [-0.39, 0.29) is 6.23 Å². The molecule has 4 atom stereocenters. The van der Waals surface area contributed by atoms with Crippen LogP contribution in [-0.4, -0.2) is 29.3 Å². The highest BCUT2D eigenvalue weighted by molar-refractivity contribution is 4.83. The van der Waals surface area contributed by atoms with Crippen molar-refractivity contribution in [2.75, 3.05) is 7.05 Å². The van der Waals surface area contributed by atoms with Gasteiger partial charge in [0.15, 0.2) is 0 Å². The Morgan fingerprint density at radius 3 is 2.22 bits per heavy atom. The van der Waals surface area contributed by atoms with Crippen LogP contribution in [0.3, 0.4) is 0 Å². The van der Waals surface area contributed by atoms with E-state index in [1.807, 2.05) is 0 Å². The summed E-state index contributed by atoms with van der Waals surface area (Å²) in [5.74, 6) is 1.54. The minimum Gasteiger partial charge on any atom is -0.378 e. The molecule has 108 valence electrons. The van der Waals surface area contributed by atoms with Crippen molar-refractivity contribution in [3.8, 4) is 0 Å². The fraction of sp³-hybridized carbons (Fsp3) is 1.00. The van der Waals surface area contributed by atoms with Crippen LogP contribution >= 0.6 is 0 Å². The molecule has 0 spiro atoms. The topological polar surface area (TPSA) is 23.5 Å². The Balaban J connectivity index is 2.76. The fourth-order valence-corrected chi connectivity index (χ4v) is 3.47. The summed E-state index contributed by atoms with van der Waals surface area (Å²) < 4.78 is 0. The lowest BCUT2D eigenvalue weighted by atomic mass is 9.77. The highest BCUT2D eigenvalue weighted by Gasteiger charge is 2.31. The zero-order valence-corrected chi connectivity index (χ0v) is 12.9. The Morgan fingerprint density at radius 1 is 1.06 bits per heavy atom. The molecule has 1 rings (SSSR count). The largest absolute Gasteiger partial charge is 0.378 e. The second-order valence-electron chi connectivity index (χ2n) is 6.16. The SMILES string of the molecule is CCC(C)C1CCCCCCC1N(C)C(O)CC. The molecule has 2 nitrogen and oxygen atoms in total. The second kappa shape index (κ2) is 8.16. The van der Waals surface area contributed by atoms with Gasteiger partial charge < -0.3 is 5.11 Å². The first-order valence-electron chi connectivity index (χ1n) is 8.01. The third kappa shape index (κ3) is 4.24. The summed E-state index contributed by atoms with van der Waals surface area (Å²) in [6, 6.07) is 0.579. The number of nitrogens with zero attached hydrogens (tertiary/aromatic N) is 1. The zero-order chi connectivity index (χ0) is 13.5. The standard InChI is InChI=1S/C16H33NO/c1-5-13(3)14-11-9-7-8-10-12-15(14)17(4)16(18)6-2/h13-16,18H,5-12H2,1-4H3. The van der Waals surface area contributed by atoms with Crippen molar-refractivity contribution in [3.63, 3.8) is 0 Å². The summed E-state index contributed by atoms with van der Waals surface area (Å²) in [6.07, 6.45) is 9.93. The van der Waals surface area contributed by atoms with E-state index < -0.39 is 0 Å². The van der Waals surface area contributed by atoms with E-state index in [2.05, 4.69) is 32.7 Å². The predicted octanol–water partition coefficient (Wildman–Crippen LogP) is 4.03. The van der Waals surface area contributed by atoms with E-state index in [0.717, 1.165) is 18.3 Å². The van der Waals surface area contributed by atoms with Crippen molar-refractivity contribution in [2.45, 2.75) is 84.4 Å². The maximum absolute atomic E-state index is 10.1. The highest BCUT2D eigenvalue weighted by atomic mass is 16.3. The molecule has 0 aliphatic heterocycles. The van der Waals surface area contributed by atoms with Crippen LogP contribution in [0.4, 0.5) is 0 Å². The van der Waals surface area contributed by atoms with E-state index in [1.165, 1.54) is 44.9 Å². The van der Waals surface area contributed by atoms with Gasteiger partial charge in [0, 0.05) is 6.04 Å². The smallest absolute Gasteiger partial charge is 0.107 e. The van der Waals surface area contributed by atoms with Gasteiger partial charge in [0.05, 0.1) is 0 Å². The molecular formula is C16H33NO.